The van der Waals surface area contributed by atoms with Crippen molar-refractivity contribution in [2.24, 2.45) is 11.1 Å². The van der Waals surface area contributed by atoms with Crippen molar-refractivity contribution in [2.45, 2.75) is 25.7 Å². The summed E-state index contributed by atoms with van der Waals surface area (Å²) in [4.78, 5) is 34.5. The number of nitrogens with two attached hydrogens (primary N) is 1. The summed E-state index contributed by atoms with van der Waals surface area (Å²) in [6.07, 6.45) is 2.91. The molecule has 1 fully saturated rings. The maximum atomic E-state index is 12.3. The molecule has 0 unspecified atom stereocenters. The number of aliphatic carboxylic acids is 2. The average Bonchev–Trinajstić information content (AvgIpc) is 2.75. The van der Waals surface area contributed by atoms with Gasteiger partial charge in [-0.2, -0.15) is 0 Å². The summed E-state index contributed by atoms with van der Waals surface area (Å²) in [5, 5.41) is 17.5. The molecule has 1 aliphatic rings. The molecule has 7 nitrogen and oxygen atoms in total. The lowest BCUT2D eigenvalue weighted by molar-refractivity contribution is -0.154. The third kappa shape index (κ3) is 3.19. The highest BCUT2D eigenvalue weighted by molar-refractivity contribution is 5.89. The molecular formula is C11H18N2O5. The van der Waals surface area contributed by atoms with Gasteiger partial charge in [0, 0.05) is 6.54 Å². The molecule has 0 radical (unpaired) electrons. The maximum Gasteiger partial charge on any atom is 0.323 e. The minimum absolute atomic E-state index is 0.127. The van der Waals surface area contributed by atoms with E-state index in [1.807, 2.05) is 0 Å². The third-order valence-electron chi connectivity index (χ3n) is 3.34. The molecule has 0 atom stereocenters. The van der Waals surface area contributed by atoms with E-state index >= 15 is 0 Å². The lowest BCUT2D eigenvalue weighted by atomic mass is 9.84. The summed E-state index contributed by atoms with van der Waals surface area (Å²) in [5.41, 5.74) is 4.85. The molecule has 18 heavy (non-hydrogen) atoms. The van der Waals surface area contributed by atoms with E-state index in [0.717, 1.165) is 17.7 Å². The first-order valence-electron chi connectivity index (χ1n) is 5.84. The average molecular weight is 258 g/mol. The number of hydrogen-bond donors (Lipinski definition) is 3. The van der Waals surface area contributed by atoms with Crippen LogP contribution in [0.5, 0.6) is 0 Å². The number of carbonyl (C=O) groups is 3. The van der Waals surface area contributed by atoms with E-state index in [9.17, 15) is 14.4 Å². The third-order valence-corrected chi connectivity index (χ3v) is 3.34. The zero-order valence-corrected chi connectivity index (χ0v) is 10.1. The second-order valence-electron chi connectivity index (χ2n) is 4.64. The van der Waals surface area contributed by atoms with E-state index in [0.29, 0.717) is 12.8 Å². The van der Waals surface area contributed by atoms with E-state index in [-0.39, 0.29) is 6.54 Å². The van der Waals surface area contributed by atoms with E-state index in [1.165, 1.54) is 0 Å². The second kappa shape index (κ2) is 5.81. The van der Waals surface area contributed by atoms with Gasteiger partial charge in [0.25, 0.3) is 0 Å². The first-order valence-corrected chi connectivity index (χ1v) is 5.84. The summed E-state index contributed by atoms with van der Waals surface area (Å²) < 4.78 is 0. The van der Waals surface area contributed by atoms with Crippen molar-refractivity contribution in [3.63, 3.8) is 0 Å². The Morgan fingerprint density at radius 3 is 1.83 bits per heavy atom. The maximum absolute atomic E-state index is 12.3. The summed E-state index contributed by atoms with van der Waals surface area (Å²) >= 11 is 0. The van der Waals surface area contributed by atoms with Crippen molar-refractivity contribution in [2.75, 3.05) is 19.6 Å². The molecule has 0 aliphatic heterocycles. The van der Waals surface area contributed by atoms with E-state index < -0.39 is 36.4 Å². The Bertz CT molecular complexity index is 333. The molecule has 0 aromatic carbocycles. The topological polar surface area (TPSA) is 121 Å². The SMILES string of the molecule is NCC1(C(=O)N(CC(=O)O)CC(=O)O)CCCC1. The van der Waals surface area contributed by atoms with E-state index in [1.54, 1.807) is 0 Å². The Balaban J connectivity index is 2.85. The van der Waals surface area contributed by atoms with E-state index in [2.05, 4.69) is 0 Å². The molecule has 1 aliphatic carbocycles. The van der Waals surface area contributed by atoms with Crippen LogP contribution in [0.15, 0.2) is 0 Å². The van der Waals surface area contributed by atoms with Crippen molar-refractivity contribution >= 4 is 17.8 Å². The van der Waals surface area contributed by atoms with Crippen molar-refractivity contribution < 1.29 is 24.6 Å². The first kappa shape index (κ1) is 14.4. The fourth-order valence-electron chi connectivity index (χ4n) is 2.42. The lowest BCUT2D eigenvalue weighted by Crippen LogP contribution is -2.50. The van der Waals surface area contributed by atoms with Crippen LogP contribution in [0, 0.1) is 5.41 Å². The van der Waals surface area contributed by atoms with Gasteiger partial charge in [0.1, 0.15) is 13.1 Å². The monoisotopic (exact) mass is 258 g/mol. The summed E-state index contributed by atoms with van der Waals surface area (Å²) in [6, 6.07) is 0. The van der Waals surface area contributed by atoms with Gasteiger partial charge >= 0.3 is 11.9 Å². The number of carboxylic acids is 2. The molecule has 1 saturated carbocycles. The van der Waals surface area contributed by atoms with Gasteiger partial charge in [-0.3, -0.25) is 14.4 Å². The van der Waals surface area contributed by atoms with Crippen LogP contribution >= 0.6 is 0 Å². The van der Waals surface area contributed by atoms with E-state index in [4.69, 9.17) is 15.9 Å². The fraction of sp³-hybridized carbons (Fsp3) is 0.727. The normalized spacial score (nSPS) is 17.4. The number of carbonyl (C=O) groups excluding carboxylic acids is 1. The van der Waals surface area contributed by atoms with Crippen LogP contribution in [0.2, 0.25) is 0 Å². The van der Waals surface area contributed by atoms with Crippen LogP contribution < -0.4 is 5.73 Å². The smallest absolute Gasteiger partial charge is 0.323 e. The van der Waals surface area contributed by atoms with Crippen LogP contribution in [0.25, 0.3) is 0 Å². The van der Waals surface area contributed by atoms with Gasteiger partial charge in [-0.15, -0.1) is 0 Å². The standard InChI is InChI=1S/C11H18N2O5/c12-7-11(3-1-2-4-11)10(18)13(5-8(14)15)6-9(16)17/h1-7,12H2,(H,14,15)(H,16,17). The Morgan fingerprint density at radius 2 is 1.50 bits per heavy atom. The van der Waals surface area contributed by atoms with Crippen LogP contribution in [-0.4, -0.2) is 52.6 Å². The van der Waals surface area contributed by atoms with Gasteiger partial charge < -0.3 is 20.8 Å². The number of carboxylic acid groups (broad SMARTS) is 2. The molecule has 0 saturated heterocycles. The quantitative estimate of drug-likeness (QED) is 0.590. The highest BCUT2D eigenvalue weighted by atomic mass is 16.4. The molecule has 1 rings (SSSR count). The number of hydrogen-bond acceptors (Lipinski definition) is 4. The van der Waals surface area contributed by atoms with Gasteiger partial charge in [-0.05, 0) is 12.8 Å². The molecular weight excluding hydrogens is 240 g/mol. The van der Waals surface area contributed by atoms with Gasteiger partial charge in [0.2, 0.25) is 5.91 Å². The molecule has 102 valence electrons. The molecule has 0 bridgehead atoms. The number of rotatable bonds is 6. The van der Waals surface area contributed by atoms with Crippen LogP contribution in [-0.2, 0) is 14.4 Å². The molecule has 0 aromatic heterocycles. The lowest BCUT2D eigenvalue weighted by Gasteiger charge is -2.31. The Hall–Kier alpha value is -1.63. The zero-order chi connectivity index (χ0) is 13.8. The molecule has 0 aromatic rings. The molecule has 4 N–H and O–H groups in total. The largest absolute Gasteiger partial charge is 0.480 e. The Kier molecular flexibility index (Phi) is 4.66. The van der Waals surface area contributed by atoms with Gasteiger partial charge in [-0.1, -0.05) is 12.8 Å². The molecule has 1 amide bonds. The first-order chi connectivity index (χ1) is 8.41. The van der Waals surface area contributed by atoms with Gasteiger partial charge in [0.05, 0.1) is 5.41 Å². The Labute approximate surface area is 105 Å². The summed E-state index contributed by atoms with van der Waals surface area (Å²) in [6.45, 7) is -1.08. The molecule has 0 heterocycles. The van der Waals surface area contributed by atoms with Crippen LogP contribution in [0.4, 0.5) is 0 Å². The molecule has 7 heteroatoms. The predicted octanol–water partition coefficient (Wildman–Crippen LogP) is -0.497. The highest BCUT2D eigenvalue weighted by Gasteiger charge is 2.43. The van der Waals surface area contributed by atoms with Crippen molar-refractivity contribution in [3.8, 4) is 0 Å². The predicted molar refractivity (Wildman–Crippen MR) is 61.8 cm³/mol. The molecule has 0 spiro atoms. The van der Waals surface area contributed by atoms with Crippen LogP contribution in [0.1, 0.15) is 25.7 Å². The fourth-order valence-corrected chi connectivity index (χ4v) is 2.42. The van der Waals surface area contributed by atoms with Crippen LogP contribution in [0.3, 0.4) is 0 Å². The highest BCUT2D eigenvalue weighted by Crippen LogP contribution is 2.38. The zero-order valence-electron chi connectivity index (χ0n) is 10.1. The second-order valence-corrected chi connectivity index (χ2v) is 4.64. The minimum atomic E-state index is -1.23. The Morgan fingerprint density at radius 1 is 1.06 bits per heavy atom. The van der Waals surface area contributed by atoms with Gasteiger partial charge in [0.15, 0.2) is 0 Å². The van der Waals surface area contributed by atoms with Crippen molar-refractivity contribution in [1.82, 2.24) is 4.90 Å². The summed E-state index contributed by atoms with van der Waals surface area (Å²) in [5.74, 6) is -2.91. The minimum Gasteiger partial charge on any atom is -0.480 e. The van der Waals surface area contributed by atoms with Crippen molar-refractivity contribution in [1.29, 1.82) is 0 Å². The summed E-state index contributed by atoms with van der Waals surface area (Å²) in [7, 11) is 0. The van der Waals surface area contributed by atoms with Gasteiger partial charge in [-0.25, -0.2) is 0 Å². The number of nitrogens with zero attached hydrogens (tertiary/aromatic N) is 1. The number of amides is 1. The van der Waals surface area contributed by atoms with Crippen molar-refractivity contribution in [3.05, 3.63) is 0 Å².